The SMILES string of the molecule is N#CC1CC(S(=O)(=O)c2cccc(C(=O)N3CCCCC3C(N)=O)c2)C1. The molecule has 2 amide bonds. The van der Waals surface area contributed by atoms with Gasteiger partial charge in [0.05, 0.1) is 16.2 Å². The van der Waals surface area contributed by atoms with E-state index in [4.69, 9.17) is 11.0 Å². The predicted octanol–water partition coefficient (Wildman–Crippen LogP) is 1.24. The first-order chi connectivity index (χ1) is 12.3. The molecule has 1 heterocycles. The Morgan fingerprint density at radius 3 is 2.62 bits per heavy atom. The second-order valence-electron chi connectivity index (χ2n) is 6.90. The Kier molecular flexibility index (Phi) is 5.01. The molecule has 2 aliphatic rings. The van der Waals surface area contributed by atoms with Gasteiger partial charge in [0.2, 0.25) is 5.91 Å². The van der Waals surface area contributed by atoms with Gasteiger partial charge >= 0.3 is 0 Å². The van der Waals surface area contributed by atoms with Crippen molar-refractivity contribution in [1.82, 2.24) is 4.90 Å². The van der Waals surface area contributed by atoms with Gasteiger partial charge in [-0.15, -0.1) is 0 Å². The van der Waals surface area contributed by atoms with Crippen LogP contribution in [-0.2, 0) is 14.6 Å². The van der Waals surface area contributed by atoms with Crippen molar-refractivity contribution < 1.29 is 18.0 Å². The maximum absolute atomic E-state index is 12.8. The highest BCUT2D eigenvalue weighted by Crippen LogP contribution is 2.36. The number of hydrogen-bond acceptors (Lipinski definition) is 5. The van der Waals surface area contributed by atoms with Crippen LogP contribution in [0.15, 0.2) is 29.2 Å². The lowest BCUT2D eigenvalue weighted by atomic mass is 9.86. The molecule has 0 aromatic heterocycles. The normalized spacial score (nSPS) is 25.8. The number of rotatable bonds is 4. The zero-order valence-corrected chi connectivity index (χ0v) is 15.1. The van der Waals surface area contributed by atoms with Crippen LogP contribution in [0.4, 0.5) is 0 Å². The van der Waals surface area contributed by atoms with Crippen LogP contribution >= 0.6 is 0 Å². The van der Waals surface area contributed by atoms with Crippen LogP contribution in [-0.4, -0.2) is 43.0 Å². The summed E-state index contributed by atoms with van der Waals surface area (Å²) in [6.45, 7) is 0.426. The fourth-order valence-electron chi connectivity index (χ4n) is 3.56. The van der Waals surface area contributed by atoms with Gasteiger partial charge in [-0.1, -0.05) is 6.07 Å². The Balaban J connectivity index is 1.84. The number of sulfone groups is 1. The Morgan fingerprint density at radius 1 is 1.23 bits per heavy atom. The van der Waals surface area contributed by atoms with Gasteiger partial charge in [-0.25, -0.2) is 8.42 Å². The summed E-state index contributed by atoms with van der Waals surface area (Å²) < 4.78 is 25.4. The predicted molar refractivity (Wildman–Crippen MR) is 93.6 cm³/mol. The molecule has 7 nitrogen and oxygen atoms in total. The Morgan fingerprint density at radius 2 is 1.96 bits per heavy atom. The summed E-state index contributed by atoms with van der Waals surface area (Å²) in [6.07, 6.45) is 2.79. The number of carbonyl (C=O) groups is 2. The summed E-state index contributed by atoms with van der Waals surface area (Å²) in [5.41, 5.74) is 5.64. The number of nitrogens with zero attached hydrogens (tertiary/aromatic N) is 2. The van der Waals surface area contributed by atoms with Crippen molar-refractivity contribution in [2.24, 2.45) is 11.7 Å². The standard InChI is InChI=1S/C18H21N3O4S/c19-11-12-8-15(9-12)26(24,25)14-5-3-4-13(10-14)18(23)21-7-2-1-6-16(21)17(20)22/h3-5,10,12,15-16H,1-2,6-9H2,(H2,20,22). The third kappa shape index (κ3) is 3.31. The van der Waals surface area contributed by atoms with Crippen molar-refractivity contribution in [1.29, 1.82) is 5.26 Å². The van der Waals surface area contributed by atoms with E-state index in [1.54, 1.807) is 6.07 Å². The van der Waals surface area contributed by atoms with E-state index in [1.807, 2.05) is 0 Å². The smallest absolute Gasteiger partial charge is 0.254 e. The van der Waals surface area contributed by atoms with Crippen molar-refractivity contribution in [2.45, 2.75) is 48.3 Å². The van der Waals surface area contributed by atoms with E-state index in [2.05, 4.69) is 6.07 Å². The maximum atomic E-state index is 12.8. The van der Waals surface area contributed by atoms with E-state index >= 15 is 0 Å². The molecule has 1 aromatic carbocycles. The molecule has 0 radical (unpaired) electrons. The quantitative estimate of drug-likeness (QED) is 0.848. The second kappa shape index (κ2) is 7.08. The van der Waals surface area contributed by atoms with Crippen molar-refractivity contribution in [3.8, 4) is 6.07 Å². The van der Waals surface area contributed by atoms with Gasteiger partial charge in [-0.3, -0.25) is 9.59 Å². The maximum Gasteiger partial charge on any atom is 0.254 e. The summed E-state index contributed by atoms with van der Waals surface area (Å²) >= 11 is 0. The Labute approximate surface area is 152 Å². The minimum atomic E-state index is -3.58. The highest BCUT2D eigenvalue weighted by atomic mass is 32.2. The molecule has 0 bridgehead atoms. The van der Waals surface area contributed by atoms with Crippen LogP contribution in [0.5, 0.6) is 0 Å². The number of benzene rings is 1. The summed E-state index contributed by atoms with van der Waals surface area (Å²) in [4.78, 5) is 26.0. The van der Waals surface area contributed by atoms with Crippen LogP contribution in [0.3, 0.4) is 0 Å². The van der Waals surface area contributed by atoms with Crippen LogP contribution < -0.4 is 5.73 Å². The van der Waals surface area contributed by atoms with Crippen molar-refractivity contribution in [2.75, 3.05) is 6.54 Å². The van der Waals surface area contributed by atoms with Gasteiger partial charge < -0.3 is 10.6 Å². The summed E-state index contributed by atoms with van der Waals surface area (Å²) in [6, 6.07) is 7.33. The molecule has 26 heavy (non-hydrogen) atoms. The molecular formula is C18H21N3O4S. The molecule has 1 aliphatic heterocycles. The van der Waals surface area contributed by atoms with Crippen LogP contribution in [0.1, 0.15) is 42.5 Å². The van der Waals surface area contributed by atoms with Gasteiger partial charge in [-0.05, 0) is 50.3 Å². The molecule has 1 saturated heterocycles. The van der Waals surface area contributed by atoms with Crippen LogP contribution in [0, 0.1) is 17.2 Å². The van der Waals surface area contributed by atoms with E-state index in [9.17, 15) is 18.0 Å². The third-order valence-electron chi connectivity index (χ3n) is 5.22. The molecule has 0 spiro atoms. The average molecular weight is 375 g/mol. The van der Waals surface area contributed by atoms with Gasteiger partial charge in [0.15, 0.2) is 9.84 Å². The van der Waals surface area contributed by atoms with E-state index in [-0.39, 0.29) is 22.3 Å². The zero-order valence-electron chi connectivity index (χ0n) is 14.3. The molecule has 1 atom stereocenters. The van der Waals surface area contributed by atoms with E-state index < -0.39 is 27.0 Å². The second-order valence-corrected chi connectivity index (χ2v) is 9.13. The largest absolute Gasteiger partial charge is 0.368 e. The van der Waals surface area contributed by atoms with Crippen LogP contribution in [0.25, 0.3) is 0 Å². The highest BCUT2D eigenvalue weighted by Gasteiger charge is 2.40. The zero-order chi connectivity index (χ0) is 18.9. The van der Waals surface area contributed by atoms with E-state index in [1.165, 1.54) is 23.1 Å². The molecule has 3 rings (SSSR count). The lowest BCUT2D eigenvalue weighted by molar-refractivity contribution is -0.123. The highest BCUT2D eigenvalue weighted by molar-refractivity contribution is 7.92. The molecule has 138 valence electrons. The van der Waals surface area contributed by atoms with Crippen molar-refractivity contribution in [3.63, 3.8) is 0 Å². The fourth-order valence-corrected chi connectivity index (χ4v) is 5.47. The van der Waals surface area contributed by atoms with Gasteiger partial charge in [0, 0.05) is 18.0 Å². The van der Waals surface area contributed by atoms with Crippen molar-refractivity contribution in [3.05, 3.63) is 29.8 Å². The molecule has 2 fully saturated rings. The molecule has 1 saturated carbocycles. The Hall–Kier alpha value is -2.40. The van der Waals surface area contributed by atoms with Gasteiger partial charge in [0.25, 0.3) is 5.91 Å². The number of carbonyl (C=O) groups excluding carboxylic acids is 2. The molecule has 1 unspecified atom stereocenters. The monoisotopic (exact) mass is 375 g/mol. The topological polar surface area (TPSA) is 121 Å². The number of piperidine rings is 1. The number of nitrogens with two attached hydrogens (primary N) is 1. The summed E-state index contributed by atoms with van der Waals surface area (Å²) in [5, 5.41) is 8.26. The summed E-state index contributed by atoms with van der Waals surface area (Å²) in [5.74, 6) is -1.14. The minimum absolute atomic E-state index is 0.0809. The molecule has 8 heteroatoms. The first kappa shape index (κ1) is 18.4. The number of likely N-dealkylation sites (tertiary alicyclic amines) is 1. The number of hydrogen-bond donors (Lipinski definition) is 1. The van der Waals surface area contributed by atoms with E-state index in [0.717, 1.165) is 12.8 Å². The van der Waals surface area contributed by atoms with E-state index in [0.29, 0.717) is 25.8 Å². The lowest BCUT2D eigenvalue weighted by Crippen LogP contribution is -2.50. The third-order valence-corrected chi connectivity index (χ3v) is 7.39. The van der Waals surface area contributed by atoms with Gasteiger partial charge in [-0.2, -0.15) is 5.26 Å². The first-order valence-electron chi connectivity index (χ1n) is 8.68. The minimum Gasteiger partial charge on any atom is -0.368 e. The number of amides is 2. The summed E-state index contributed by atoms with van der Waals surface area (Å²) in [7, 11) is -3.58. The lowest BCUT2D eigenvalue weighted by Gasteiger charge is -2.34. The molecule has 2 N–H and O–H groups in total. The van der Waals surface area contributed by atoms with Gasteiger partial charge in [0.1, 0.15) is 6.04 Å². The Bertz CT molecular complexity index is 869. The molecule has 1 aliphatic carbocycles. The average Bonchev–Trinajstić information content (AvgIpc) is 2.60. The van der Waals surface area contributed by atoms with Crippen molar-refractivity contribution >= 4 is 21.7 Å². The first-order valence-corrected chi connectivity index (χ1v) is 10.2. The number of primary amides is 1. The number of nitriles is 1. The molecular weight excluding hydrogens is 354 g/mol. The van der Waals surface area contributed by atoms with Crippen LogP contribution in [0.2, 0.25) is 0 Å². The molecule has 1 aromatic rings. The fraction of sp³-hybridized carbons (Fsp3) is 0.500.